The summed E-state index contributed by atoms with van der Waals surface area (Å²) in [6.45, 7) is -0.775. The van der Waals surface area contributed by atoms with Crippen LogP contribution < -0.4 is 9.62 Å². The van der Waals surface area contributed by atoms with Crippen LogP contribution in [0.25, 0.3) is 0 Å². The molecule has 0 unspecified atom stereocenters. The molecule has 1 N–H and O–H groups in total. The summed E-state index contributed by atoms with van der Waals surface area (Å²) in [5.41, 5.74) is 0.850. The third-order valence-electron chi connectivity index (χ3n) is 3.80. The van der Waals surface area contributed by atoms with Gasteiger partial charge in [0.25, 0.3) is 5.69 Å². The van der Waals surface area contributed by atoms with Crippen LogP contribution in [0.5, 0.6) is 0 Å². The van der Waals surface area contributed by atoms with Gasteiger partial charge < -0.3 is 9.64 Å². The number of nitrogens with zero attached hydrogens (tertiary/aromatic N) is 3. The largest absolute Gasteiger partial charge is 0.460 e. The fourth-order valence-electron chi connectivity index (χ4n) is 2.38. The molecule has 0 aliphatic heterocycles. The van der Waals surface area contributed by atoms with Crippen molar-refractivity contribution in [3.05, 3.63) is 63.7 Å². The highest BCUT2D eigenvalue weighted by Gasteiger charge is 2.23. The van der Waals surface area contributed by atoms with Crippen molar-refractivity contribution in [3.8, 4) is 6.07 Å². The molecule has 0 amide bonds. The van der Waals surface area contributed by atoms with E-state index in [0.29, 0.717) is 11.1 Å². The van der Waals surface area contributed by atoms with E-state index >= 15 is 0 Å². The summed E-state index contributed by atoms with van der Waals surface area (Å²) in [5, 5.41) is 20.1. The molecular weight excluding hydrogens is 400 g/mol. The first-order valence-corrected chi connectivity index (χ1v) is 9.72. The number of nitro groups is 1. The molecule has 0 aliphatic carbocycles. The number of nitrogens with one attached hydrogen (secondary N) is 1. The van der Waals surface area contributed by atoms with E-state index < -0.39 is 27.5 Å². The Balaban J connectivity index is 2.04. The number of hydrogen-bond acceptors (Lipinski definition) is 8. The van der Waals surface area contributed by atoms with E-state index in [9.17, 15) is 23.3 Å². The van der Waals surface area contributed by atoms with E-state index in [1.165, 1.54) is 17.0 Å². The number of esters is 1. The van der Waals surface area contributed by atoms with Gasteiger partial charge in [-0.2, -0.15) is 9.98 Å². The molecule has 0 spiro atoms. The van der Waals surface area contributed by atoms with Crippen molar-refractivity contribution in [2.24, 2.45) is 0 Å². The van der Waals surface area contributed by atoms with Crippen LogP contribution in [0.4, 0.5) is 11.4 Å². The Bertz CT molecular complexity index is 1080. The average Bonchev–Trinajstić information content (AvgIpc) is 2.70. The van der Waals surface area contributed by atoms with Gasteiger partial charge >= 0.3 is 5.97 Å². The van der Waals surface area contributed by atoms with Crippen molar-refractivity contribution >= 4 is 27.4 Å². The number of carbonyl (C=O) groups excluding carboxylic acids is 1. The first-order chi connectivity index (χ1) is 13.6. The number of carbonyl (C=O) groups is 1. The van der Waals surface area contributed by atoms with E-state index in [1.807, 2.05) is 6.07 Å². The van der Waals surface area contributed by atoms with Gasteiger partial charge in [0.15, 0.2) is 0 Å². The summed E-state index contributed by atoms with van der Waals surface area (Å²) in [4.78, 5) is 23.5. The normalized spacial score (nSPS) is 10.8. The van der Waals surface area contributed by atoms with Crippen LogP contribution in [0.3, 0.4) is 0 Å². The van der Waals surface area contributed by atoms with Gasteiger partial charge in [-0.3, -0.25) is 14.9 Å². The molecule has 0 atom stereocenters. The Kier molecular flexibility index (Phi) is 6.87. The summed E-state index contributed by atoms with van der Waals surface area (Å²) in [6.07, 6.45) is 0. The zero-order valence-corrected chi connectivity index (χ0v) is 16.5. The zero-order chi connectivity index (χ0) is 21.6. The molecule has 0 aliphatic rings. The molecule has 2 rings (SSSR count). The summed E-state index contributed by atoms with van der Waals surface area (Å²) >= 11 is 0. The lowest BCUT2D eigenvalue weighted by Gasteiger charge is -2.13. The molecule has 2 aromatic carbocycles. The molecular formula is C18H18N4O6S. The van der Waals surface area contributed by atoms with Gasteiger partial charge in [0.1, 0.15) is 18.8 Å². The van der Waals surface area contributed by atoms with E-state index in [4.69, 9.17) is 10.00 Å². The van der Waals surface area contributed by atoms with Crippen molar-refractivity contribution in [1.82, 2.24) is 4.72 Å². The van der Waals surface area contributed by atoms with Crippen LogP contribution in [0.1, 0.15) is 11.1 Å². The van der Waals surface area contributed by atoms with Gasteiger partial charge in [-0.25, -0.2) is 8.42 Å². The lowest BCUT2D eigenvalue weighted by atomic mass is 10.1. The summed E-state index contributed by atoms with van der Waals surface area (Å²) in [6, 6.07) is 11.8. The lowest BCUT2D eigenvalue weighted by molar-refractivity contribution is -0.384. The Morgan fingerprint density at radius 3 is 2.62 bits per heavy atom. The molecule has 0 saturated carbocycles. The molecule has 0 bridgehead atoms. The first kappa shape index (κ1) is 21.8. The second-order valence-corrected chi connectivity index (χ2v) is 7.87. The van der Waals surface area contributed by atoms with Crippen LogP contribution in [0.15, 0.2) is 47.4 Å². The van der Waals surface area contributed by atoms with Gasteiger partial charge in [0.05, 0.1) is 21.5 Å². The quantitative estimate of drug-likeness (QED) is 0.386. The Morgan fingerprint density at radius 2 is 2.00 bits per heavy atom. The maximum Gasteiger partial charge on any atom is 0.321 e. The fraction of sp³-hybridized carbons (Fsp3) is 0.222. The van der Waals surface area contributed by atoms with Crippen LogP contribution in [-0.4, -0.2) is 40.0 Å². The van der Waals surface area contributed by atoms with Gasteiger partial charge in [0, 0.05) is 20.2 Å². The van der Waals surface area contributed by atoms with Crippen LogP contribution in [0, 0.1) is 21.4 Å². The number of sulfonamides is 1. The topological polar surface area (TPSA) is 143 Å². The van der Waals surface area contributed by atoms with E-state index in [1.54, 1.807) is 38.4 Å². The highest BCUT2D eigenvalue weighted by Crippen LogP contribution is 2.29. The predicted octanol–water partition coefficient (Wildman–Crippen LogP) is 1.55. The number of nitriles is 1. The highest BCUT2D eigenvalue weighted by molar-refractivity contribution is 7.89. The molecule has 152 valence electrons. The molecule has 0 heterocycles. The summed E-state index contributed by atoms with van der Waals surface area (Å²) in [7, 11) is -0.976. The number of nitro benzene ring substituents is 1. The van der Waals surface area contributed by atoms with Crippen LogP contribution >= 0.6 is 0 Å². The van der Waals surface area contributed by atoms with Crippen molar-refractivity contribution < 1.29 is 22.9 Å². The molecule has 29 heavy (non-hydrogen) atoms. The van der Waals surface area contributed by atoms with Gasteiger partial charge in [-0.15, -0.1) is 0 Å². The number of rotatable bonds is 8. The van der Waals surface area contributed by atoms with Crippen LogP contribution in [-0.2, 0) is 26.2 Å². The predicted molar refractivity (Wildman–Crippen MR) is 104 cm³/mol. The second kappa shape index (κ2) is 9.13. The smallest absolute Gasteiger partial charge is 0.321 e. The summed E-state index contributed by atoms with van der Waals surface area (Å²) in [5.74, 6) is -0.838. The number of ether oxygens (including phenoxy) is 1. The Morgan fingerprint density at radius 1 is 1.28 bits per heavy atom. The molecule has 10 nitrogen and oxygen atoms in total. The fourth-order valence-corrected chi connectivity index (χ4v) is 3.37. The monoisotopic (exact) mass is 418 g/mol. The minimum Gasteiger partial charge on any atom is -0.460 e. The van der Waals surface area contributed by atoms with Crippen molar-refractivity contribution in [2.45, 2.75) is 11.5 Å². The Labute approximate surface area is 167 Å². The third kappa shape index (κ3) is 5.74. The van der Waals surface area contributed by atoms with Crippen molar-refractivity contribution in [2.75, 3.05) is 25.5 Å². The van der Waals surface area contributed by atoms with Crippen LogP contribution in [0.2, 0.25) is 0 Å². The lowest BCUT2D eigenvalue weighted by Crippen LogP contribution is -2.30. The average molecular weight is 418 g/mol. The van der Waals surface area contributed by atoms with Gasteiger partial charge in [-0.05, 0) is 29.8 Å². The zero-order valence-electron chi connectivity index (χ0n) is 15.7. The first-order valence-electron chi connectivity index (χ1n) is 8.24. The van der Waals surface area contributed by atoms with E-state index in [2.05, 4.69) is 4.72 Å². The highest BCUT2D eigenvalue weighted by atomic mass is 32.2. The minimum atomic E-state index is -4.16. The van der Waals surface area contributed by atoms with Crippen molar-refractivity contribution in [3.63, 3.8) is 0 Å². The van der Waals surface area contributed by atoms with E-state index in [0.717, 1.165) is 6.07 Å². The van der Waals surface area contributed by atoms with Crippen molar-refractivity contribution in [1.29, 1.82) is 5.26 Å². The number of anilines is 1. The maximum atomic E-state index is 12.4. The van der Waals surface area contributed by atoms with Gasteiger partial charge in [-0.1, -0.05) is 12.1 Å². The minimum absolute atomic E-state index is 0.126. The number of benzene rings is 2. The maximum absolute atomic E-state index is 12.4. The second-order valence-electron chi connectivity index (χ2n) is 6.10. The molecule has 0 fully saturated rings. The molecule has 0 aromatic heterocycles. The molecule has 11 heteroatoms. The third-order valence-corrected chi connectivity index (χ3v) is 5.20. The number of hydrogen-bond donors (Lipinski definition) is 1. The Hall–Kier alpha value is -3.49. The molecule has 2 aromatic rings. The van der Waals surface area contributed by atoms with Gasteiger partial charge in [0.2, 0.25) is 10.0 Å². The SMILES string of the molecule is CN(C)c1ccc(S(=O)(=O)NCC(=O)OCc2cccc(C#N)c2)cc1[N+](=O)[O-]. The van der Waals surface area contributed by atoms with E-state index in [-0.39, 0.29) is 22.9 Å². The molecule has 0 saturated heterocycles. The molecule has 0 radical (unpaired) electrons. The standard InChI is InChI=1S/C18H18N4O6S/c1-21(2)16-7-6-15(9-17(16)22(24)25)29(26,27)20-11-18(23)28-12-14-5-3-4-13(8-14)10-19/h3-9,20H,11-12H2,1-2H3. The summed E-state index contributed by atoms with van der Waals surface area (Å²) < 4.78 is 31.8.